The van der Waals surface area contributed by atoms with E-state index in [0.717, 1.165) is 42.9 Å². The van der Waals surface area contributed by atoms with Gasteiger partial charge in [-0.05, 0) is 43.9 Å². The first-order valence-corrected chi connectivity index (χ1v) is 7.61. The molecule has 2 aliphatic rings. The highest BCUT2D eigenvalue weighted by Crippen LogP contribution is 2.41. The molecule has 3 rings (SSSR count). The maximum atomic E-state index is 12.0. The summed E-state index contributed by atoms with van der Waals surface area (Å²) in [5.74, 6) is 0.411. The number of benzene rings is 1. The summed E-state index contributed by atoms with van der Waals surface area (Å²) >= 11 is 6.63. The Labute approximate surface area is 124 Å². The van der Waals surface area contributed by atoms with Gasteiger partial charge in [-0.3, -0.25) is 4.79 Å². The molecule has 0 bridgehead atoms. The van der Waals surface area contributed by atoms with E-state index in [9.17, 15) is 4.79 Å². The van der Waals surface area contributed by atoms with Gasteiger partial charge >= 0.3 is 0 Å². The van der Waals surface area contributed by atoms with Gasteiger partial charge in [-0.2, -0.15) is 0 Å². The van der Waals surface area contributed by atoms with E-state index in [1.165, 1.54) is 0 Å². The topological polar surface area (TPSA) is 38.3 Å². The number of ether oxygens (including phenoxy) is 1. The van der Waals surface area contributed by atoms with Gasteiger partial charge in [-0.15, -0.1) is 11.6 Å². The van der Waals surface area contributed by atoms with Crippen LogP contribution in [0.1, 0.15) is 43.2 Å². The lowest BCUT2D eigenvalue weighted by atomic mass is 9.84. The summed E-state index contributed by atoms with van der Waals surface area (Å²) in [5.41, 5.74) is 2.56. The molecule has 1 N–H and O–H groups in total. The van der Waals surface area contributed by atoms with Crippen LogP contribution in [-0.4, -0.2) is 19.1 Å². The van der Waals surface area contributed by atoms with Gasteiger partial charge in [0, 0.05) is 18.2 Å². The van der Waals surface area contributed by atoms with E-state index < -0.39 is 5.41 Å². The molecule has 1 saturated heterocycles. The zero-order chi connectivity index (χ0) is 14.3. The third-order valence-electron chi connectivity index (χ3n) is 4.46. The monoisotopic (exact) mass is 293 g/mol. The molecule has 2 heterocycles. The molecular formula is C16H20ClNO2. The highest BCUT2D eigenvalue weighted by molar-refractivity contribution is 6.21. The van der Waals surface area contributed by atoms with Crippen LogP contribution in [0.25, 0.3) is 0 Å². The van der Waals surface area contributed by atoms with E-state index in [0.29, 0.717) is 5.92 Å². The van der Waals surface area contributed by atoms with Crippen LogP contribution in [0.5, 0.6) is 0 Å². The number of amides is 1. The molecule has 1 fully saturated rings. The molecule has 2 atom stereocenters. The summed E-state index contributed by atoms with van der Waals surface area (Å²) in [7, 11) is 0. The van der Waals surface area contributed by atoms with Crippen molar-refractivity contribution < 1.29 is 9.53 Å². The van der Waals surface area contributed by atoms with E-state index in [2.05, 4.69) is 11.4 Å². The first-order valence-electron chi connectivity index (χ1n) is 7.18. The Kier molecular flexibility index (Phi) is 3.51. The number of fused-ring (bicyclic) bond motifs is 1. The van der Waals surface area contributed by atoms with Crippen LogP contribution in [0.4, 0.5) is 5.69 Å². The largest absolute Gasteiger partial charge is 0.381 e. The molecule has 4 heteroatoms. The fourth-order valence-corrected chi connectivity index (χ4v) is 3.36. The van der Waals surface area contributed by atoms with E-state index in [1.807, 2.05) is 26.0 Å². The van der Waals surface area contributed by atoms with Gasteiger partial charge in [0.25, 0.3) is 0 Å². The summed E-state index contributed by atoms with van der Waals surface area (Å²) < 4.78 is 5.52. The van der Waals surface area contributed by atoms with E-state index >= 15 is 0 Å². The average molecular weight is 294 g/mol. The van der Waals surface area contributed by atoms with Crippen LogP contribution in [-0.2, 0) is 14.9 Å². The molecule has 0 spiro atoms. The Morgan fingerprint density at radius 1 is 1.45 bits per heavy atom. The summed E-state index contributed by atoms with van der Waals surface area (Å²) in [6.45, 7) is 5.47. The summed E-state index contributed by atoms with van der Waals surface area (Å²) in [6, 6.07) is 6.07. The van der Waals surface area contributed by atoms with Crippen molar-refractivity contribution in [2.75, 3.05) is 18.5 Å². The Morgan fingerprint density at radius 2 is 2.25 bits per heavy atom. The third-order valence-corrected chi connectivity index (χ3v) is 5.07. The van der Waals surface area contributed by atoms with Crippen molar-refractivity contribution in [1.82, 2.24) is 0 Å². The minimum absolute atomic E-state index is 0.0490. The predicted molar refractivity (Wildman–Crippen MR) is 80.2 cm³/mol. The second-order valence-corrected chi connectivity index (χ2v) is 6.73. The highest BCUT2D eigenvalue weighted by Gasteiger charge is 2.39. The van der Waals surface area contributed by atoms with Crippen LogP contribution in [0.15, 0.2) is 18.2 Å². The first-order chi connectivity index (χ1) is 9.50. The first kappa shape index (κ1) is 13.9. The number of alkyl halides is 1. The van der Waals surface area contributed by atoms with Gasteiger partial charge in [-0.25, -0.2) is 0 Å². The molecule has 3 nitrogen and oxygen atoms in total. The number of nitrogens with one attached hydrogen (secondary N) is 1. The third kappa shape index (κ3) is 2.23. The number of carbonyl (C=O) groups is 1. The Bertz CT molecular complexity index is 535. The second kappa shape index (κ2) is 5.05. The van der Waals surface area contributed by atoms with Crippen LogP contribution in [0.3, 0.4) is 0 Å². The number of hydrogen-bond acceptors (Lipinski definition) is 2. The minimum atomic E-state index is -0.481. The molecule has 1 aromatic rings. The van der Waals surface area contributed by atoms with E-state index in [4.69, 9.17) is 16.3 Å². The summed E-state index contributed by atoms with van der Waals surface area (Å²) in [4.78, 5) is 12.0. The van der Waals surface area contributed by atoms with E-state index in [-0.39, 0.29) is 11.3 Å². The number of halogens is 1. The molecule has 1 amide bonds. The van der Waals surface area contributed by atoms with Crippen LogP contribution < -0.4 is 5.32 Å². The van der Waals surface area contributed by atoms with E-state index in [1.54, 1.807) is 0 Å². The van der Waals surface area contributed by atoms with Gasteiger partial charge in [0.05, 0.1) is 17.4 Å². The molecule has 0 radical (unpaired) electrons. The van der Waals surface area contributed by atoms with Crippen molar-refractivity contribution in [1.29, 1.82) is 0 Å². The van der Waals surface area contributed by atoms with Crippen LogP contribution >= 0.6 is 11.6 Å². The zero-order valence-corrected chi connectivity index (χ0v) is 12.7. The molecule has 1 aromatic carbocycles. The average Bonchev–Trinajstić information content (AvgIpc) is 2.69. The Balaban J connectivity index is 1.89. The predicted octanol–water partition coefficient (Wildman–Crippen LogP) is 3.62. The smallest absolute Gasteiger partial charge is 0.234 e. The number of anilines is 1. The highest BCUT2D eigenvalue weighted by atomic mass is 35.5. The standard InChI is InChI=1S/C16H20ClNO2/c1-16(2)12-8-10(5-6-13(12)18-15(16)19)14(17)11-4-3-7-20-9-11/h5-6,8,11,14H,3-4,7,9H2,1-2H3,(H,18,19). The fourth-order valence-electron chi connectivity index (χ4n) is 3.03. The number of hydrogen-bond donors (Lipinski definition) is 1. The van der Waals surface area contributed by atoms with Gasteiger partial charge in [0.15, 0.2) is 0 Å². The molecule has 2 aliphatic heterocycles. The lowest BCUT2D eigenvalue weighted by molar-refractivity contribution is -0.119. The van der Waals surface area contributed by atoms with Crippen LogP contribution in [0, 0.1) is 5.92 Å². The van der Waals surface area contributed by atoms with Crippen molar-refractivity contribution in [3.05, 3.63) is 29.3 Å². The molecular weight excluding hydrogens is 274 g/mol. The Morgan fingerprint density at radius 3 is 2.95 bits per heavy atom. The summed E-state index contributed by atoms with van der Waals surface area (Å²) in [6.07, 6.45) is 2.18. The molecule has 0 saturated carbocycles. The van der Waals surface area contributed by atoms with Gasteiger partial charge in [0.1, 0.15) is 0 Å². The molecule has 2 unspecified atom stereocenters. The summed E-state index contributed by atoms with van der Waals surface area (Å²) in [5, 5.41) is 2.88. The van der Waals surface area contributed by atoms with Crippen molar-refractivity contribution in [3.63, 3.8) is 0 Å². The quantitative estimate of drug-likeness (QED) is 0.846. The number of rotatable bonds is 2. The van der Waals surface area contributed by atoms with Crippen molar-refractivity contribution in [3.8, 4) is 0 Å². The fraction of sp³-hybridized carbons (Fsp3) is 0.562. The van der Waals surface area contributed by atoms with Crippen LogP contribution in [0.2, 0.25) is 0 Å². The van der Waals surface area contributed by atoms with Gasteiger partial charge in [0.2, 0.25) is 5.91 Å². The SMILES string of the molecule is CC1(C)C(=O)Nc2ccc(C(Cl)C3CCCOC3)cc21. The maximum absolute atomic E-state index is 12.0. The number of carbonyl (C=O) groups excluding carboxylic acids is 1. The Hall–Kier alpha value is -1.06. The van der Waals surface area contributed by atoms with Gasteiger partial charge in [-0.1, -0.05) is 12.1 Å². The molecule has 0 aliphatic carbocycles. The van der Waals surface area contributed by atoms with Crippen molar-refractivity contribution in [2.45, 2.75) is 37.5 Å². The lowest BCUT2D eigenvalue weighted by Gasteiger charge is -2.27. The van der Waals surface area contributed by atoms with Crippen molar-refractivity contribution >= 4 is 23.2 Å². The maximum Gasteiger partial charge on any atom is 0.234 e. The van der Waals surface area contributed by atoms with Crippen molar-refractivity contribution in [2.24, 2.45) is 5.92 Å². The molecule has 108 valence electrons. The molecule has 20 heavy (non-hydrogen) atoms. The normalized spacial score (nSPS) is 25.9. The zero-order valence-electron chi connectivity index (χ0n) is 11.9. The minimum Gasteiger partial charge on any atom is -0.381 e. The lowest BCUT2D eigenvalue weighted by Crippen LogP contribution is -2.27. The van der Waals surface area contributed by atoms with Gasteiger partial charge < -0.3 is 10.1 Å². The molecule has 0 aromatic heterocycles. The second-order valence-electron chi connectivity index (χ2n) is 6.26.